The van der Waals surface area contributed by atoms with E-state index < -0.39 is 0 Å². The molecule has 1 aliphatic heterocycles. The number of para-hydroxylation sites is 1. The molecule has 118 valence electrons. The van der Waals surface area contributed by atoms with E-state index in [1.54, 1.807) is 36.4 Å². The minimum atomic E-state index is -0.0753. The normalized spacial score (nSPS) is 15.0. The number of hydrogen-bond acceptors (Lipinski definition) is 5. The van der Waals surface area contributed by atoms with Gasteiger partial charge in [-0.15, -0.1) is 0 Å². The van der Waals surface area contributed by atoms with Crippen molar-refractivity contribution in [3.8, 4) is 23.0 Å². The Hall–Kier alpha value is -2.95. The van der Waals surface area contributed by atoms with Crippen LogP contribution in [0.1, 0.15) is 15.9 Å². The molecule has 5 nitrogen and oxygen atoms in total. The average molecular weight is 312 g/mol. The molecular formula is C18H16O5. The van der Waals surface area contributed by atoms with E-state index in [-0.39, 0.29) is 29.6 Å². The van der Waals surface area contributed by atoms with Gasteiger partial charge in [-0.1, -0.05) is 12.1 Å². The Labute approximate surface area is 133 Å². The summed E-state index contributed by atoms with van der Waals surface area (Å²) in [5.41, 5.74) is 1.75. The first-order chi connectivity index (χ1) is 11.1. The zero-order valence-corrected chi connectivity index (χ0v) is 12.8. The third-order valence-electron chi connectivity index (χ3n) is 3.65. The summed E-state index contributed by atoms with van der Waals surface area (Å²) >= 11 is 0. The summed E-state index contributed by atoms with van der Waals surface area (Å²) in [6.07, 6.45) is 1.71. The lowest BCUT2D eigenvalue weighted by atomic mass is 9.98. The predicted molar refractivity (Wildman–Crippen MR) is 85.5 cm³/mol. The van der Waals surface area contributed by atoms with Gasteiger partial charge in [0.05, 0.1) is 19.8 Å². The van der Waals surface area contributed by atoms with Gasteiger partial charge < -0.3 is 19.3 Å². The Morgan fingerprint density at radius 1 is 1.13 bits per heavy atom. The fraction of sp³-hybridized carbons (Fsp3) is 0.167. The highest BCUT2D eigenvalue weighted by Gasteiger charge is 2.23. The van der Waals surface area contributed by atoms with E-state index in [9.17, 15) is 9.90 Å². The third kappa shape index (κ3) is 2.73. The Balaban J connectivity index is 2.01. The van der Waals surface area contributed by atoms with Gasteiger partial charge in [-0.3, -0.25) is 4.79 Å². The van der Waals surface area contributed by atoms with Gasteiger partial charge in [0.2, 0.25) is 5.75 Å². The van der Waals surface area contributed by atoms with Gasteiger partial charge in [0.25, 0.3) is 0 Å². The number of ketones is 1. The lowest BCUT2D eigenvalue weighted by Crippen LogP contribution is -2.18. The molecule has 0 bridgehead atoms. The standard InChI is InChI=1S/C18H16O5/c1-21-15-8-11(9-16(22-2)18(15)20)7-12-10-23-14-6-4-3-5-13(14)17(12)19/h3-9,20H,10H2,1-2H3. The number of carbonyl (C=O) groups is 1. The summed E-state index contributed by atoms with van der Waals surface area (Å²) in [5, 5.41) is 9.94. The molecule has 0 aromatic heterocycles. The van der Waals surface area contributed by atoms with Crippen LogP contribution in [-0.2, 0) is 0 Å². The molecule has 0 aliphatic carbocycles. The van der Waals surface area contributed by atoms with Crippen LogP contribution in [0.3, 0.4) is 0 Å². The van der Waals surface area contributed by atoms with Crippen LogP contribution in [0.15, 0.2) is 42.0 Å². The number of benzene rings is 2. The van der Waals surface area contributed by atoms with Crippen molar-refractivity contribution in [1.29, 1.82) is 0 Å². The van der Waals surface area contributed by atoms with E-state index in [0.29, 0.717) is 22.4 Å². The number of carbonyl (C=O) groups excluding carboxylic acids is 1. The van der Waals surface area contributed by atoms with Crippen LogP contribution in [0.2, 0.25) is 0 Å². The lowest BCUT2D eigenvalue weighted by molar-refractivity contribution is 0.100. The van der Waals surface area contributed by atoms with Crippen molar-refractivity contribution in [2.45, 2.75) is 0 Å². The van der Waals surface area contributed by atoms with Crippen LogP contribution in [-0.4, -0.2) is 31.7 Å². The Morgan fingerprint density at radius 3 is 2.43 bits per heavy atom. The summed E-state index contributed by atoms with van der Waals surface area (Å²) < 4.78 is 15.9. The predicted octanol–water partition coefficient (Wildman–Crippen LogP) is 3.07. The Morgan fingerprint density at radius 2 is 1.78 bits per heavy atom. The summed E-state index contributed by atoms with van der Waals surface area (Å²) in [5.74, 6) is 1.00. The Bertz CT molecular complexity index is 767. The number of phenols is 1. The number of aromatic hydroxyl groups is 1. The number of rotatable bonds is 3. The van der Waals surface area contributed by atoms with E-state index >= 15 is 0 Å². The van der Waals surface area contributed by atoms with Crippen LogP contribution >= 0.6 is 0 Å². The van der Waals surface area contributed by atoms with Gasteiger partial charge in [0.15, 0.2) is 17.3 Å². The minimum Gasteiger partial charge on any atom is -0.502 e. The molecule has 1 aliphatic rings. The average Bonchev–Trinajstić information content (AvgIpc) is 2.59. The number of ether oxygens (including phenoxy) is 3. The van der Waals surface area contributed by atoms with Crippen molar-refractivity contribution in [1.82, 2.24) is 0 Å². The SMILES string of the molecule is COc1cc(C=C2COc3ccccc3C2=O)cc(OC)c1O. The second-order valence-electron chi connectivity index (χ2n) is 5.06. The van der Waals surface area contributed by atoms with Gasteiger partial charge in [-0.2, -0.15) is 0 Å². The number of Topliss-reactive ketones (excluding diaryl/α,β-unsaturated/α-hetero) is 1. The summed E-state index contributed by atoms with van der Waals surface area (Å²) in [6, 6.07) is 10.4. The smallest absolute Gasteiger partial charge is 0.200 e. The molecule has 2 aromatic rings. The number of hydrogen-bond donors (Lipinski definition) is 1. The van der Waals surface area contributed by atoms with E-state index in [4.69, 9.17) is 14.2 Å². The van der Waals surface area contributed by atoms with Crippen LogP contribution in [0.4, 0.5) is 0 Å². The van der Waals surface area contributed by atoms with Crippen molar-refractivity contribution < 1.29 is 24.1 Å². The fourth-order valence-electron chi connectivity index (χ4n) is 2.48. The number of methoxy groups -OCH3 is 2. The molecule has 0 saturated heterocycles. The van der Waals surface area contributed by atoms with Crippen molar-refractivity contribution in [3.63, 3.8) is 0 Å². The molecule has 0 spiro atoms. The monoisotopic (exact) mass is 312 g/mol. The summed E-state index contributed by atoms with van der Waals surface area (Å²) in [7, 11) is 2.91. The second kappa shape index (κ2) is 6.04. The fourth-order valence-corrected chi connectivity index (χ4v) is 2.48. The number of phenolic OH excluding ortho intramolecular Hbond substituents is 1. The van der Waals surface area contributed by atoms with E-state index in [1.807, 2.05) is 6.07 Å². The van der Waals surface area contributed by atoms with Gasteiger partial charge in [0.1, 0.15) is 12.4 Å². The zero-order valence-electron chi connectivity index (χ0n) is 12.8. The van der Waals surface area contributed by atoms with Gasteiger partial charge in [0, 0.05) is 5.57 Å². The molecule has 3 rings (SSSR count). The third-order valence-corrected chi connectivity index (χ3v) is 3.65. The molecule has 0 radical (unpaired) electrons. The van der Waals surface area contributed by atoms with E-state index in [2.05, 4.69) is 0 Å². The zero-order chi connectivity index (χ0) is 16.4. The highest BCUT2D eigenvalue weighted by molar-refractivity contribution is 6.14. The molecule has 5 heteroatoms. The van der Waals surface area contributed by atoms with Crippen LogP contribution in [0, 0.1) is 0 Å². The first kappa shape index (κ1) is 15.0. The quantitative estimate of drug-likeness (QED) is 0.882. The highest BCUT2D eigenvalue weighted by Crippen LogP contribution is 2.38. The first-order valence-corrected chi connectivity index (χ1v) is 7.06. The molecular weight excluding hydrogens is 296 g/mol. The molecule has 0 saturated carbocycles. The first-order valence-electron chi connectivity index (χ1n) is 7.06. The van der Waals surface area contributed by atoms with Crippen LogP contribution < -0.4 is 14.2 Å². The molecule has 0 fully saturated rings. The van der Waals surface area contributed by atoms with Crippen molar-refractivity contribution >= 4 is 11.9 Å². The molecule has 0 atom stereocenters. The molecule has 1 N–H and O–H groups in total. The molecule has 1 heterocycles. The highest BCUT2D eigenvalue weighted by atomic mass is 16.5. The largest absolute Gasteiger partial charge is 0.502 e. The molecule has 0 amide bonds. The van der Waals surface area contributed by atoms with E-state index in [0.717, 1.165) is 0 Å². The molecule has 0 unspecified atom stereocenters. The van der Waals surface area contributed by atoms with Crippen molar-refractivity contribution in [3.05, 3.63) is 53.1 Å². The maximum absolute atomic E-state index is 12.5. The lowest BCUT2D eigenvalue weighted by Gasteiger charge is -2.18. The van der Waals surface area contributed by atoms with Crippen LogP contribution in [0.25, 0.3) is 6.08 Å². The molecule has 2 aromatic carbocycles. The van der Waals surface area contributed by atoms with Gasteiger partial charge in [-0.25, -0.2) is 0 Å². The summed E-state index contributed by atoms with van der Waals surface area (Å²) in [4.78, 5) is 12.5. The van der Waals surface area contributed by atoms with Crippen molar-refractivity contribution in [2.24, 2.45) is 0 Å². The topological polar surface area (TPSA) is 65.0 Å². The van der Waals surface area contributed by atoms with Gasteiger partial charge >= 0.3 is 0 Å². The van der Waals surface area contributed by atoms with Crippen molar-refractivity contribution in [2.75, 3.05) is 20.8 Å². The minimum absolute atomic E-state index is 0.0714. The molecule has 23 heavy (non-hydrogen) atoms. The maximum Gasteiger partial charge on any atom is 0.200 e. The number of fused-ring (bicyclic) bond motifs is 1. The Kier molecular flexibility index (Phi) is 3.93. The van der Waals surface area contributed by atoms with E-state index in [1.165, 1.54) is 14.2 Å². The van der Waals surface area contributed by atoms with Crippen LogP contribution in [0.5, 0.6) is 23.0 Å². The maximum atomic E-state index is 12.5. The second-order valence-corrected chi connectivity index (χ2v) is 5.06. The van der Waals surface area contributed by atoms with Gasteiger partial charge in [-0.05, 0) is 35.9 Å². The summed E-state index contributed by atoms with van der Waals surface area (Å²) in [6.45, 7) is 0.196.